The molecule has 2 N–H and O–H groups in total. The lowest BCUT2D eigenvalue weighted by Crippen LogP contribution is -2.55. The zero-order chi connectivity index (χ0) is 30.4. The van der Waals surface area contributed by atoms with E-state index in [2.05, 4.69) is 37.7 Å². The summed E-state index contributed by atoms with van der Waals surface area (Å²) in [7, 11) is -3.90. The molecule has 1 aromatic rings. The Hall–Kier alpha value is -1.56. The molecular weight excluding hydrogens is 552 g/mol. The fraction of sp³-hybridized carbons (Fsp3) is 0.811. The molecule has 5 fully saturated rings. The fourth-order valence-electron chi connectivity index (χ4n) is 12.0. The minimum atomic E-state index is -3.90. The number of fused-ring (bicyclic) bond motifs is 5. The number of hydrogen-bond donors (Lipinski definition) is 2. The number of urea groups is 1. The Bertz CT molecular complexity index is 1240. The highest BCUT2D eigenvalue weighted by Gasteiger charge is 2.61. The van der Waals surface area contributed by atoms with E-state index >= 15 is 0 Å². The van der Waals surface area contributed by atoms with Gasteiger partial charge >= 0.3 is 6.03 Å². The molecule has 0 saturated heterocycles. The lowest BCUT2D eigenvalue weighted by molar-refractivity contribution is -0.137. The molecule has 0 spiro atoms. The van der Waals surface area contributed by atoms with Gasteiger partial charge < -0.3 is 5.32 Å². The van der Waals surface area contributed by atoms with Crippen LogP contribution in [0.15, 0.2) is 29.2 Å². The van der Waals surface area contributed by atoms with Crippen LogP contribution in [0.2, 0.25) is 0 Å². The molecule has 2 unspecified atom stereocenters. The van der Waals surface area contributed by atoms with Crippen LogP contribution in [-0.2, 0) is 10.0 Å². The zero-order valence-electron chi connectivity index (χ0n) is 27.4. The maximum atomic E-state index is 13.0. The molecule has 2 amide bonds. The Kier molecular flexibility index (Phi) is 9.01. The monoisotopic (exact) mass is 610 g/mol. The third-order valence-electron chi connectivity index (χ3n) is 14.1. The van der Waals surface area contributed by atoms with E-state index in [1.165, 1.54) is 102 Å². The van der Waals surface area contributed by atoms with Gasteiger partial charge in [-0.1, -0.05) is 78.4 Å². The Morgan fingerprint density at radius 1 is 0.860 bits per heavy atom. The third kappa shape index (κ3) is 5.81. The summed E-state index contributed by atoms with van der Waals surface area (Å²) in [4.78, 5) is 13.0. The van der Waals surface area contributed by atoms with Gasteiger partial charge in [-0.15, -0.1) is 0 Å². The highest BCUT2D eigenvalue weighted by Crippen LogP contribution is 2.69. The molecule has 0 bridgehead atoms. The minimum Gasteiger partial charge on any atom is -0.337 e. The average molecular weight is 611 g/mol. The maximum absolute atomic E-state index is 13.0. The van der Waals surface area contributed by atoms with Crippen LogP contribution in [0.1, 0.15) is 135 Å². The van der Waals surface area contributed by atoms with E-state index in [9.17, 15) is 13.2 Å². The van der Waals surface area contributed by atoms with Gasteiger partial charge in [0.1, 0.15) is 0 Å². The second-order valence-electron chi connectivity index (χ2n) is 16.1. The molecule has 6 heteroatoms. The Morgan fingerprint density at radius 2 is 1.56 bits per heavy atom. The van der Waals surface area contributed by atoms with Crippen LogP contribution in [0.25, 0.3) is 0 Å². The van der Waals surface area contributed by atoms with Crippen LogP contribution in [-0.4, -0.2) is 21.0 Å². The molecule has 5 saturated carbocycles. The first-order valence-corrected chi connectivity index (χ1v) is 19.5. The lowest BCUT2D eigenvalue weighted by Gasteiger charge is -2.63. The van der Waals surface area contributed by atoms with Crippen LogP contribution in [0, 0.1) is 52.3 Å². The van der Waals surface area contributed by atoms with Crippen molar-refractivity contribution in [1.29, 1.82) is 0 Å². The van der Waals surface area contributed by atoms with Gasteiger partial charge in [-0.05, 0) is 134 Å². The van der Waals surface area contributed by atoms with Gasteiger partial charge in [0.15, 0.2) is 0 Å². The van der Waals surface area contributed by atoms with Gasteiger partial charge in [-0.3, -0.25) is 0 Å². The highest BCUT2D eigenvalue weighted by atomic mass is 32.2. The van der Waals surface area contributed by atoms with Crippen LogP contribution >= 0.6 is 0 Å². The van der Waals surface area contributed by atoms with E-state index in [0.29, 0.717) is 35.1 Å². The van der Waals surface area contributed by atoms with Crippen molar-refractivity contribution >= 4 is 16.1 Å². The van der Waals surface area contributed by atoms with E-state index in [4.69, 9.17) is 0 Å². The van der Waals surface area contributed by atoms with E-state index in [1.54, 1.807) is 12.1 Å². The predicted octanol–water partition coefficient (Wildman–Crippen LogP) is 9.04. The smallest absolute Gasteiger partial charge is 0.328 e. The van der Waals surface area contributed by atoms with Crippen molar-refractivity contribution in [1.82, 2.24) is 10.0 Å². The summed E-state index contributed by atoms with van der Waals surface area (Å²) in [5, 5.41) is 2.95. The Balaban J connectivity index is 1.06. The van der Waals surface area contributed by atoms with E-state index in [0.717, 1.165) is 29.6 Å². The molecule has 0 radical (unpaired) electrons. The summed E-state index contributed by atoms with van der Waals surface area (Å²) in [6.45, 7) is 10.5. The van der Waals surface area contributed by atoms with E-state index in [1.807, 2.05) is 12.1 Å². The number of carbonyl (C=O) groups is 1. The van der Waals surface area contributed by atoms with Gasteiger partial charge in [-0.25, -0.2) is 17.9 Å². The normalized spacial score (nSPS) is 38.8. The Morgan fingerprint density at radius 3 is 2.28 bits per heavy atom. The second kappa shape index (κ2) is 12.3. The molecule has 0 aromatic heterocycles. The summed E-state index contributed by atoms with van der Waals surface area (Å²) in [5.74, 6) is 5.76. The summed E-state index contributed by atoms with van der Waals surface area (Å²) in [6.07, 6.45) is 19.9. The van der Waals surface area contributed by atoms with Crippen molar-refractivity contribution in [2.45, 2.75) is 135 Å². The fourth-order valence-corrected chi connectivity index (χ4v) is 12.9. The van der Waals surface area contributed by atoms with Gasteiger partial charge in [0.05, 0.1) is 4.90 Å². The van der Waals surface area contributed by atoms with E-state index in [-0.39, 0.29) is 4.90 Å². The first-order valence-electron chi connectivity index (χ1n) is 18.0. The quantitative estimate of drug-likeness (QED) is 0.323. The molecule has 1 aromatic carbocycles. The Labute approximate surface area is 262 Å². The molecule has 43 heavy (non-hydrogen) atoms. The number of sulfonamides is 1. The lowest BCUT2D eigenvalue weighted by atomic mass is 9.42. The zero-order valence-corrected chi connectivity index (χ0v) is 28.2. The second-order valence-corrected chi connectivity index (χ2v) is 17.7. The van der Waals surface area contributed by atoms with Gasteiger partial charge in [0, 0.05) is 6.54 Å². The van der Waals surface area contributed by atoms with Crippen molar-refractivity contribution in [2.75, 3.05) is 6.54 Å². The van der Waals surface area contributed by atoms with Gasteiger partial charge in [-0.2, -0.15) is 0 Å². The molecule has 6 rings (SSSR count). The highest BCUT2D eigenvalue weighted by molar-refractivity contribution is 7.90. The molecule has 5 nitrogen and oxygen atoms in total. The van der Waals surface area contributed by atoms with Crippen LogP contribution < -0.4 is 10.0 Å². The van der Waals surface area contributed by atoms with Gasteiger partial charge in [0.25, 0.3) is 10.0 Å². The topological polar surface area (TPSA) is 75.3 Å². The minimum absolute atomic E-state index is 0.157. The van der Waals surface area contributed by atoms with Crippen molar-refractivity contribution in [3.8, 4) is 0 Å². The number of rotatable bonds is 7. The summed E-state index contributed by atoms with van der Waals surface area (Å²) >= 11 is 0. The summed E-state index contributed by atoms with van der Waals surface area (Å²) in [6, 6.07) is 6.56. The number of nitrogens with one attached hydrogen (secondary N) is 2. The first-order chi connectivity index (χ1) is 20.6. The third-order valence-corrected chi connectivity index (χ3v) is 15.5. The molecule has 9 atom stereocenters. The summed E-state index contributed by atoms with van der Waals surface area (Å²) < 4.78 is 28.3. The van der Waals surface area contributed by atoms with Crippen LogP contribution in [0.5, 0.6) is 0 Å². The number of hydrogen-bond acceptors (Lipinski definition) is 3. The first kappa shape index (κ1) is 31.4. The van der Waals surface area contributed by atoms with Crippen molar-refractivity contribution in [2.24, 2.45) is 52.3 Å². The van der Waals surface area contributed by atoms with E-state index < -0.39 is 16.1 Å². The molecule has 240 valence electrons. The molecule has 5 aliphatic carbocycles. The maximum Gasteiger partial charge on any atom is 0.328 e. The van der Waals surface area contributed by atoms with Crippen molar-refractivity contribution < 1.29 is 13.2 Å². The predicted molar refractivity (Wildman–Crippen MR) is 174 cm³/mol. The molecular formula is C37H58N2O3S. The number of amides is 2. The van der Waals surface area contributed by atoms with Crippen LogP contribution in [0.4, 0.5) is 4.79 Å². The van der Waals surface area contributed by atoms with Gasteiger partial charge in [0.2, 0.25) is 0 Å². The molecule has 5 aliphatic rings. The van der Waals surface area contributed by atoms with Crippen molar-refractivity contribution in [3.63, 3.8) is 0 Å². The standard InChI is InChI=1S/C37H58N2O3S/c1-5-26-23-30-33-19-18-31(37(33,4)22-20-34(30)36(3)21-10-9-13-32(26)36)25(2)24-38-35(40)39-43(41,42)29-16-14-28(15-17-29)27-11-7-6-8-12-27/h14-17,25-27,30-34H,5-13,18-24H2,1-4H3,(H2,38,39,40)/t25-,26+,30+,31?,32+,33?,34+,36+,37-/m1/s1. The van der Waals surface area contributed by atoms with Crippen molar-refractivity contribution in [3.05, 3.63) is 29.8 Å². The van der Waals surface area contributed by atoms with Crippen LogP contribution in [0.3, 0.4) is 0 Å². The number of carbonyl (C=O) groups excluding carboxylic acids is 1. The average Bonchev–Trinajstić information content (AvgIpc) is 3.37. The SMILES string of the molecule is CC[C@H]1C[C@H]2C3CCC([C@H](C)CNC(=O)NS(=O)(=O)c4ccc(C5CCCCC5)cc4)[C@@]3(C)CC[C@@H]2[C@@]2(C)CCCC[C@@H]12. The summed E-state index contributed by atoms with van der Waals surface area (Å²) in [5.41, 5.74) is 2.07. The molecule has 0 heterocycles. The number of benzene rings is 1. The largest absolute Gasteiger partial charge is 0.337 e. The molecule has 0 aliphatic heterocycles.